The Balaban J connectivity index is 1.86. The zero-order chi connectivity index (χ0) is 20.0. The van der Waals surface area contributed by atoms with Crippen LogP contribution < -0.4 is 16.0 Å². The Kier molecular flexibility index (Phi) is 9.99. The summed E-state index contributed by atoms with van der Waals surface area (Å²) in [4.78, 5) is 16.8. The fourth-order valence-corrected chi connectivity index (χ4v) is 3.07. The first-order chi connectivity index (χ1) is 13.7. The van der Waals surface area contributed by atoms with E-state index < -0.39 is 0 Å². The van der Waals surface area contributed by atoms with E-state index in [0.717, 1.165) is 36.7 Å². The van der Waals surface area contributed by atoms with Crippen molar-refractivity contribution in [2.24, 2.45) is 4.99 Å². The van der Waals surface area contributed by atoms with Crippen molar-refractivity contribution in [3.8, 4) is 0 Å². The Morgan fingerprint density at radius 3 is 2.89 bits per heavy atom. The minimum Gasteiger partial charge on any atom is -0.357 e. The molecular formula is C20H30N6OS. The van der Waals surface area contributed by atoms with Crippen LogP contribution in [0.1, 0.15) is 25.3 Å². The van der Waals surface area contributed by atoms with Crippen molar-refractivity contribution in [2.75, 3.05) is 30.4 Å². The summed E-state index contributed by atoms with van der Waals surface area (Å²) < 4.78 is 1.59. The van der Waals surface area contributed by atoms with Crippen LogP contribution in [0, 0.1) is 0 Å². The number of aromatic nitrogens is 2. The van der Waals surface area contributed by atoms with E-state index in [1.54, 1.807) is 23.1 Å². The van der Waals surface area contributed by atoms with E-state index in [4.69, 9.17) is 0 Å². The largest absolute Gasteiger partial charge is 0.357 e. The van der Waals surface area contributed by atoms with Gasteiger partial charge in [0.15, 0.2) is 5.96 Å². The van der Waals surface area contributed by atoms with Crippen LogP contribution in [0.25, 0.3) is 0 Å². The molecule has 152 valence electrons. The second-order valence-corrected chi connectivity index (χ2v) is 7.26. The van der Waals surface area contributed by atoms with Gasteiger partial charge in [0.25, 0.3) is 0 Å². The molecule has 1 aromatic heterocycles. The number of unbranched alkanes of at least 4 members (excludes halogenated alkanes) is 1. The lowest BCUT2D eigenvalue weighted by molar-refractivity contribution is -0.116. The summed E-state index contributed by atoms with van der Waals surface area (Å²) in [5.74, 6) is 1.90. The lowest BCUT2D eigenvalue weighted by Gasteiger charge is -2.11. The number of guanidine groups is 1. The lowest BCUT2D eigenvalue weighted by Crippen LogP contribution is -2.37. The van der Waals surface area contributed by atoms with Crippen molar-refractivity contribution in [3.63, 3.8) is 0 Å². The van der Waals surface area contributed by atoms with Crippen LogP contribution in [-0.2, 0) is 17.9 Å². The Bertz CT molecular complexity index is 732. The maximum atomic E-state index is 12.1. The zero-order valence-electron chi connectivity index (χ0n) is 16.6. The number of carbonyl (C=O) groups is 1. The first kappa shape index (κ1) is 21.8. The molecule has 7 nitrogen and oxygen atoms in total. The third kappa shape index (κ3) is 8.47. The van der Waals surface area contributed by atoms with Crippen molar-refractivity contribution in [1.82, 2.24) is 20.4 Å². The van der Waals surface area contributed by atoms with Gasteiger partial charge >= 0.3 is 0 Å². The fraction of sp³-hybridized carbons (Fsp3) is 0.450. The van der Waals surface area contributed by atoms with Crippen molar-refractivity contribution >= 4 is 29.3 Å². The Morgan fingerprint density at radius 2 is 2.14 bits per heavy atom. The van der Waals surface area contributed by atoms with Crippen LogP contribution >= 0.6 is 11.8 Å². The van der Waals surface area contributed by atoms with Crippen LogP contribution in [0.15, 0.2) is 47.7 Å². The average Bonchev–Trinajstić information content (AvgIpc) is 3.19. The van der Waals surface area contributed by atoms with Gasteiger partial charge in [-0.2, -0.15) is 16.9 Å². The summed E-state index contributed by atoms with van der Waals surface area (Å²) in [6.45, 7) is 4.53. The van der Waals surface area contributed by atoms with Crippen molar-refractivity contribution in [2.45, 2.75) is 32.9 Å². The molecule has 28 heavy (non-hydrogen) atoms. The summed E-state index contributed by atoms with van der Waals surface area (Å²) >= 11 is 1.88. The van der Waals surface area contributed by atoms with E-state index in [2.05, 4.69) is 39.2 Å². The molecule has 0 aliphatic carbocycles. The summed E-state index contributed by atoms with van der Waals surface area (Å²) in [6.07, 6.45) is 7.88. The Morgan fingerprint density at radius 1 is 1.25 bits per heavy atom. The topological polar surface area (TPSA) is 83.3 Å². The van der Waals surface area contributed by atoms with Crippen molar-refractivity contribution < 1.29 is 4.79 Å². The smallest absolute Gasteiger partial charge is 0.246 e. The summed E-state index contributed by atoms with van der Waals surface area (Å²) in [7, 11) is 0. The molecule has 0 unspecified atom stereocenters. The molecule has 0 atom stereocenters. The number of hydrogen-bond acceptors (Lipinski definition) is 4. The van der Waals surface area contributed by atoms with Gasteiger partial charge in [0, 0.05) is 31.2 Å². The number of amides is 1. The summed E-state index contributed by atoms with van der Waals surface area (Å²) in [6, 6.07) is 9.56. The number of rotatable bonds is 11. The number of nitrogens with one attached hydrogen (secondary N) is 3. The van der Waals surface area contributed by atoms with Gasteiger partial charge in [0.1, 0.15) is 6.54 Å². The normalized spacial score (nSPS) is 11.3. The first-order valence-corrected chi connectivity index (χ1v) is 11.0. The maximum absolute atomic E-state index is 12.1. The van der Waals surface area contributed by atoms with Crippen LogP contribution in [0.2, 0.25) is 0 Å². The van der Waals surface area contributed by atoms with Gasteiger partial charge < -0.3 is 16.0 Å². The second kappa shape index (κ2) is 12.8. The molecule has 1 amide bonds. The molecule has 0 saturated heterocycles. The molecule has 0 radical (unpaired) electrons. The van der Waals surface area contributed by atoms with Crippen LogP contribution in [-0.4, -0.2) is 46.7 Å². The fourth-order valence-electron chi connectivity index (χ4n) is 2.58. The number of anilines is 1. The van der Waals surface area contributed by atoms with E-state index >= 15 is 0 Å². The minimum absolute atomic E-state index is 0.107. The van der Waals surface area contributed by atoms with Gasteiger partial charge in [-0.3, -0.25) is 9.48 Å². The van der Waals surface area contributed by atoms with E-state index in [0.29, 0.717) is 6.54 Å². The molecule has 0 fully saturated rings. The minimum atomic E-state index is -0.107. The SMILES string of the molecule is CCNC(=NCc1cccc(NC(=O)Cn2cccn2)c1)NCCCCSC. The predicted octanol–water partition coefficient (Wildman–Crippen LogP) is 2.72. The zero-order valence-corrected chi connectivity index (χ0v) is 17.5. The number of aliphatic imine (C=N–C) groups is 1. The molecule has 1 heterocycles. The Labute approximate surface area is 171 Å². The molecule has 8 heteroatoms. The molecule has 0 aliphatic rings. The molecule has 2 aromatic rings. The highest BCUT2D eigenvalue weighted by Crippen LogP contribution is 2.12. The average molecular weight is 403 g/mol. The van der Waals surface area contributed by atoms with E-state index in [1.165, 1.54) is 12.2 Å². The maximum Gasteiger partial charge on any atom is 0.246 e. The van der Waals surface area contributed by atoms with Gasteiger partial charge in [-0.1, -0.05) is 12.1 Å². The van der Waals surface area contributed by atoms with Crippen molar-refractivity contribution in [3.05, 3.63) is 48.3 Å². The number of hydrogen-bond donors (Lipinski definition) is 3. The molecule has 0 aliphatic heterocycles. The van der Waals surface area contributed by atoms with E-state index in [1.807, 2.05) is 36.0 Å². The summed E-state index contributed by atoms with van der Waals surface area (Å²) in [5, 5.41) is 13.6. The Hall–Kier alpha value is -2.48. The highest BCUT2D eigenvalue weighted by Gasteiger charge is 2.04. The highest BCUT2D eigenvalue weighted by atomic mass is 32.2. The lowest BCUT2D eigenvalue weighted by atomic mass is 10.2. The number of nitrogens with zero attached hydrogens (tertiary/aromatic N) is 3. The molecule has 3 N–H and O–H groups in total. The predicted molar refractivity (Wildman–Crippen MR) is 118 cm³/mol. The molecule has 0 saturated carbocycles. The number of carbonyl (C=O) groups excluding carboxylic acids is 1. The van der Waals surface area contributed by atoms with Crippen LogP contribution in [0.3, 0.4) is 0 Å². The van der Waals surface area contributed by atoms with Gasteiger partial charge in [0.05, 0.1) is 6.54 Å². The number of thioether (sulfide) groups is 1. The van der Waals surface area contributed by atoms with E-state index in [9.17, 15) is 4.79 Å². The van der Waals surface area contributed by atoms with Gasteiger partial charge in [-0.05, 0) is 55.5 Å². The third-order valence-electron chi connectivity index (χ3n) is 3.91. The first-order valence-electron chi connectivity index (χ1n) is 9.58. The monoisotopic (exact) mass is 402 g/mol. The quantitative estimate of drug-likeness (QED) is 0.306. The highest BCUT2D eigenvalue weighted by molar-refractivity contribution is 7.98. The standard InChI is InChI=1S/C20H30N6OS/c1-3-21-20(22-10-4-5-13-28-2)23-15-17-8-6-9-18(14-17)25-19(27)16-26-12-7-11-24-26/h6-9,11-12,14H,3-5,10,13,15-16H2,1-2H3,(H,25,27)(H2,21,22,23). The summed E-state index contributed by atoms with van der Waals surface area (Å²) in [5.41, 5.74) is 1.80. The third-order valence-corrected chi connectivity index (χ3v) is 4.60. The van der Waals surface area contributed by atoms with Gasteiger partial charge in [-0.15, -0.1) is 0 Å². The molecule has 0 spiro atoms. The number of benzene rings is 1. The van der Waals surface area contributed by atoms with Crippen LogP contribution in [0.5, 0.6) is 0 Å². The van der Waals surface area contributed by atoms with Crippen molar-refractivity contribution in [1.29, 1.82) is 0 Å². The molecule has 1 aromatic carbocycles. The van der Waals surface area contributed by atoms with Gasteiger partial charge in [0.2, 0.25) is 5.91 Å². The van der Waals surface area contributed by atoms with Crippen LogP contribution in [0.4, 0.5) is 5.69 Å². The second-order valence-electron chi connectivity index (χ2n) is 6.27. The molecular weight excluding hydrogens is 372 g/mol. The molecule has 2 rings (SSSR count). The molecule has 0 bridgehead atoms. The van der Waals surface area contributed by atoms with Gasteiger partial charge in [-0.25, -0.2) is 4.99 Å². The van der Waals surface area contributed by atoms with E-state index in [-0.39, 0.29) is 12.5 Å².